The molecule has 0 atom stereocenters. The molecule has 0 unspecified atom stereocenters. The number of hydrogen-bond acceptors (Lipinski definition) is 4. The number of ether oxygens (including phenoxy) is 2. The van der Waals surface area contributed by atoms with E-state index in [0.717, 1.165) is 38.2 Å². The summed E-state index contributed by atoms with van der Waals surface area (Å²) in [4.78, 5) is 14.1. The first-order valence-corrected chi connectivity index (χ1v) is 7.94. The highest BCUT2D eigenvalue weighted by atomic mass is 16.5. The summed E-state index contributed by atoms with van der Waals surface area (Å²) < 4.78 is 10.6. The van der Waals surface area contributed by atoms with Crippen molar-refractivity contribution in [3.63, 3.8) is 0 Å². The van der Waals surface area contributed by atoms with E-state index in [1.165, 1.54) is 5.56 Å². The zero-order valence-corrected chi connectivity index (χ0v) is 13.3. The second kappa shape index (κ2) is 8.59. The average molecular weight is 303 g/mol. The maximum atomic E-state index is 11.7. The first-order valence-electron chi connectivity index (χ1n) is 7.94. The number of rotatable bonds is 7. The van der Waals surface area contributed by atoms with Gasteiger partial charge in [0.05, 0.1) is 12.5 Å². The summed E-state index contributed by atoms with van der Waals surface area (Å²) in [5.74, 6) is 0.904. The number of piperidine rings is 1. The van der Waals surface area contributed by atoms with Gasteiger partial charge in [0.25, 0.3) is 0 Å². The molecule has 4 nitrogen and oxygen atoms in total. The van der Waals surface area contributed by atoms with E-state index < -0.39 is 0 Å². The molecule has 0 radical (unpaired) electrons. The molecule has 4 heteroatoms. The molecule has 0 amide bonds. The van der Waals surface area contributed by atoms with Gasteiger partial charge in [0, 0.05) is 6.54 Å². The van der Waals surface area contributed by atoms with Gasteiger partial charge in [-0.1, -0.05) is 24.8 Å². The van der Waals surface area contributed by atoms with Gasteiger partial charge in [-0.3, -0.25) is 9.69 Å². The fraction of sp³-hybridized carbons (Fsp3) is 0.500. The van der Waals surface area contributed by atoms with Gasteiger partial charge in [0.1, 0.15) is 12.4 Å². The van der Waals surface area contributed by atoms with Crippen LogP contribution in [0, 0.1) is 5.92 Å². The molecular weight excluding hydrogens is 278 g/mol. The standard InChI is InChI=1S/C18H25NO3/c1-3-13-22-17-7-5-15(6-8-17)14-19-11-9-16(10-12-19)18(20)21-4-2/h3,5-8,16H,1,4,9-14H2,2H3. The monoisotopic (exact) mass is 303 g/mol. The van der Waals surface area contributed by atoms with Crippen molar-refractivity contribution in [2.45, 2.75) is 26.3 Å². The molecule has 0 spiro atoms. The van der Waals surface area contributed by atoms with Crippen molar-refractivity contribution in [1.82, 2.24) is 4.90 Å². The molecule has 1 aliphatic heterocycles. The lowest BCUT2D eigenvalue weighted by Crippen LogP contribution is -2.36. The number of likely N-dealkylation sites (tertiary alicyclic amines) is 1. The smallest absolute Gasteiger partial charge is 0.309 e. The molecule has 1 aromatic rings. The molecule has 0 aromatic heterocycles. The molecule has 1 heterocycles. The second-order valence-corrected chi connectivity index (χ2v) is 5.55. The molecule has 1 fully saturated rings. The number of esters is 1. The summed E-state index contributed by atoms with van der Waals surface area (Å²) in [6.45, 7) is 9.29. The van der Waals surface area contributed by atoms with Crippen LogP contribution in [0.4, 0.5) is 0 Å². The van der Waals surface area contributed by atoms with Gasteiger partial charge < -0.3 is 9.47 Å². The minimum Gasteiger partial charge on any atom is -0.490 e. The van der Waals surface area contributed by atoms with Crippen LogP contribution in [0.3, 0.4) is 0 Å². The molecule has 1 aliphatic rings. The van der Waals surface area contributed by atoms with E-state index in [-0.39, 0.29) is 11.9 Å². The molecule has 120 valence electrons. The molecule has 1 aromatic carbocycles. The molecule has 0 saturated carbocycles. The Morgan fingerprint density at radius 2 is 2.00 bits per heavy atom. The topological polar surface area (TPSA) is 38.8 Å². The van der Waals surface area contributed by atoms with Crippen LogP contribution in [-0.4, -0.2) is 37.2 Å². The number of carbonyl (C=O) groups excluding carboxylic acids is 1. The van der Waals surface area contributed by atoms with Crippen molar-refractivity contribution < 1.29 is 14.3 Å². The molecule has 0 aliphatic carbocycles. The molecular formula is C18H25NO3. The highest BCUT2D eigenvalue weighted by Gasteiger charge is 2.25. The van der Waals surface area contributed by atoms with Gasteiger partial charge in [-0.2, -0.15) is 0 Å². The fourth-order valence-electron chi connectivity index (χ4n) is 2.69. The van der Waals surface area contributed by atoms with Gasteiger partial charge in [-0.05, 0) is 50.6 Å². The maximum Gasteiger partial charge on any atom is 0.309 e. The Balaban J connectivity index is 1.78. The van der Waals surface area contributed by atoms with Crippen molar-refractivity contribution in [3.8, 4) is 5.75 Å². The maximum absolute atomic E-state index is 11.7. The van der Waals surface area contributed by atoms with Crippen LogP contribution in [0.2, 0.25) is 0 Å². The van der Waals surface area contributed by atoms with Crippen LogP contribution in [0.15, 0.2) is 36.9 Å². The highest BCUT2D eigenvalue weighted by molar-refractivity contribution is 5.72. The third kappa shape index (κ3) is 4.88. The van der Waals surface area contributed by atoms with Crippen LogP contribution in [0.1, 0.15) is 25.3 Å². The number of hydrogen-bond donors (Lipinski definition) is 0. The summed E-state index contributed by atoms with van der Waals surface area (Å²) in [5.41, 5.74) is 1.26. The summed E-state index contributed by atoms with van der Waals surface area (Å²) in [6, 6.07) is 8.17. The molecule has 0 bridgehead atoms. The van der Waals surface area contributed by atoms with Crippen LogP contribution in [-0.2, 0) is 16.1 Å². The lowest BCUT2D eigenvalue weighted by molar-refractivity contribution is -0.149. The van der Waals surface area contributed by atoms with E-state index >= 15 is 0 Å². The predicted octanol–water partition coefficient (Wildman–Crippen LogP) is 3.03. The van der Waals surface area contributed by atoms with Gasteiger partial charge >= 0.3 is 5.97 Å². The van der Waals surface area contributed by atoms with E-state index in [4.69, 9.17) is 9.47 Å². The highest BCUT2D eigenvalue weighted by Crippen LogP contribution is 2.21. The Bertz CT molecular complexity index is 476. The predicted molar refractivity (Wildman–Crippen MR) is 86.8 cm³/mol. The van der Waals surface area contributed by atoms with Crippen LogP contribution >= 0.6 is 0 Å². The first-order chi connectivity index (χ1) is 10.7. The lowest BCUT2D eigenvalue weighted by atomic mass is 9.96. The summed E-state index contributed by atoms with van der Waals surface area (Å²) in [7, 11) is 0. The Hall–Kier alpha value is -1.81. The van der Waals surface area contributed by atoms with Crippen molar-refractivity contribution in [1.29, 1.82) is 0 Å². The van der Waals surface area contributed by atoms with E-state index in [0.29, 0.717) is 13.2 Å². The SMILES string of the molecule is C=CCOc1ccc(CN2CCC(C(=O)OCC)CC2)cc1. The first kappa shape index (κ1) is 16.6. The molecule has 22 heavy (non-hydrogen) atoms. The fourth-order valence-corrected chi connectivity index (χ4v) is 2.69. The van der Waals surface area contributed by atoms with Gasteiger partial charge in [0.15, 0.2) is 0 Å². The second-order valence-electron chi connectivity index (χ2n) is 5.55. The van der Waals surface area contributed by atoms with Crippen LogP contribution in [0.5, 0.6) is 5.75 Å². The quantitative estimate of drug-likeness (QED) is 0.573. The third-order valence-electron chi connectivity index (χ3n) is 3.90. The van der Waals surface area contributed by atoms with E-state index in [1.807, 2.05) is 19.1 Å². The molecule has 1 saturated heterocycles. The van der Waals surface area contributed by atoms with Crippen molar-refractivity contribution in [2.75, 3.05) is 26.3 Å². The summed E-state index contributed by atoms with van der Waals surface area (Å²) in [6.07, 6.45) is 3.51. The van der Waals surface area contributed by atoms with Gasteiger partial charge in [-0.15, -0.1) is 0 Å². The summed E-state index contributed by atoms with van der Waals surface area (Å²) >= 11 is 0. The molecule has 2 rings (SSSR count). The zero-order chi connectivity index (χ0) is 15.8. The van der Waals surface area contributed by atoms with E-state index in [2.05, 4.69) is 23.6 Å². The van der Waals surface area contributed by atoms with Crippen molar-refractivity contribution >= 4 is 5.97 Å². The molecule has 0 N–H and O–H groups in total. The van der Waals surface area contributed by atoms with Gasteiger partial charge in [0.2, 0.25) is 0 Å². The largest absolute Gasteiger partial charge is 0.490 e. The van der Waals surface area contributed by atoms with Crippen molar-refractivity contribution in [2.24, 2.45) is 5.92 Å². The Kier molecular flexibility index (Phi) is 6.46. The third-order valence-corrected chi connectivity index (χ3v) is 3.90. The lowest BCUT2D eigenvalue weighted by Gasteiger charge is -2.30. The average Bonchev–Trinajstić information content (AvgIpc) is 2.55. The number of carbonyl (C=O) groups is 1. The van der Waals surface area contributed by atoms with E-state index in [1.54, 1.807) is 6.08 Å². The number of nitrogens with zero attached hydrogens (tertiary/aromatic N) is 1. The van der Waals surface area contributed by atoms with Crippen molar-refractivity contribution in [3.05, 3.63) is 42.5 Å². The van der Waals surface area contributed by atoms with E-state index in [9.17, 15) is 4.79 Å². The van der Waals surface area contributed by atoms with Crippen LogP contribution in [0.25, 0.3) is 0 Å². The zero-order valence-electron chi connectivity index (χ0n) is 13.3. The summed E-state index contributed by atoms with van der Waals surface area (Å²) in [5, 5.41) is 0. The minimum atomic E-state index is -0.0362. The Labute approximate surface area is 132 Å². The van der Waals surface area contributed by atoms with Crippen LogP contribution < -0.4 is 4.74 Å². The Morgan fingerprint density at radius 3 is 2.59 bits per heavy atom. The Morgan fingerprint density at radius 1 is 1.32 bits per heavy atom. The number of benzene rings is 1. The van der Waals surface area contributed by atoms with Gasteiger partial charge in [-0.25, -0.2) is 0 Å². The minimum absolute atomic E-state index is 0.0362. The normalized spacial score (nSPS) is 16.2.